The van der Waals surface area contributed by atoms with Crippen molar-refractivity contribution in [1.29, 1.82) is 5.26 Å². The summed E-state index contributed by atoms with van der Waals surface area (Å²) in [5, 5.41) is 14.1. The molecule has 25 heavy (non-hydrogen) atoms. The van der Waals surface area contributed by atoms with E-state index in [1.54, 1.807) is 43.4 Å². The number of pyridine rings is 1. The number of carbonyl (C=O) groups excluding carboxylic acids is 2. The first-order valence-electron chi connectivity index (χ1n) is 7.75. The Labute approximate surface area is 145 Å². The zero-order valence-electron chi connectivity index (χ0n) is 13.8. The van der Waals surface area contributed by atoms with Crippen LogP contribution in [0.25, 0.3) is 0 Å². The number of benzene rings is 1. The molecule has 128 valence electrons. The molecular formula is C18H18N4O3. The van der Waals surface area contributed by atoms with Gasteiger partial charge in [-0.15, -0.1) is 0 Å². The van der Waals surface area contributed by atoms with Gasteiger partial charge in [0, 0.05) is 37.8 Å². The molecule has 7 nitrogen and oxygen atoms in total. The van der Waals surface area contributed by atoms with E-state index in [9.17, 15) is 9.59 Å². The van der Waals surface area contributed by atoms with Crippen molar-refractivity contribution in [1.82, 2.24) is 10.3 Å². The molecule has 0 atom stereocenters. The molecule has 0 spiro atoms. The van der Waals surface area contributed by atoms with Gasteiger partial charge in [0.2, 0.25) is 11.8 Å². The van der Waals surface area contributed by atoms with Crippen molar-refractivity contribution in [2.24, 2.45) is 0 Å². The van der Waals surface area contributed by atoms with Crippen LogP contribution < -0.4 is 15.4 Å². The predicted molar refractivity (Wildman–Crippen MR) is 92.0 cm³/mol. The zero-order chi connectivity index (χ0) is 18.1. The summed E-state index contributed by atoms with van der Waals surface area (Å²) in [5.74, 6) is 0.862. The first kappa shape index (κ1) is 17.9. The van der Waals surface area contributed by atoms with Gasteiger partial charge in [-0.05, 0) is 36.8 Å². The fourth-order valence-electron chi connectivity index (χ4n) is 2.04. The van der Waals surface area contributed by atoms with Crippen molar-refractivity contribution in [2.45, 2.75) is 19.3 Å². The van der Waals surface area contributed by atoms with Crippen molar-refractivity contribution >= 4 is 17.5 Å². The van der Waals surface area contributed by atoms with E-state index < -0.39 is 0 Å². The maximum Gasteiger partial charge on any atom is 0.224 e. The highest BCUT2D eigenvalue weighted by Gasteiger charge is 2.05. The number of carbonyl (C=O) groups is 2. The second-order valence-corrected chi connectivity index (χ2v) is 5.19. The highest BCUT2D eigenvalue weighted by Crippen LogP contribution is 2.23. The Kier molecular flexibility index (Phi) is 6.48. The van der Waals surface area contributed by atoms with Crippen LogP contribution in [-0.4, -0.2) is 23.8 Å². The summed E-state index contributed by atoms with van der Waals surface area (Å²) in [6.45, 7) is 0. The molecule has 2 aromatic rings. The molecule has 0 bridgehead atoms. The summed E-state index contributed by atoms with van der Waals surface area (Å²) in [7, 11) is 1.57. The number of anilines is 1. The summed E-state index contributed by atoms with van der Waals surface area (Å²) < 4.78 is 5.64. The third-order valence-corrected chi connectivity index (χ3v) is 3.31. The first-order valence-corrected chi connectivity index (χ1v) is 7.75. The summed E-state index contributed by atoms with van der Waals surface area (Å²) in [6.07, 6.45) is 2.60. The molecule has 0 aliphatic heterocycles. The van der Waals surface area contributed by atoms with Crippen LogP contribution in [0.3, 0.4) is 0 Å². The van der Waals surface area contributed by atoms with Crippen LogP contribution in [0.15, 0.2) is 42.6 Å². The molecule has 1 heterocycles. The Morgan fingerprint density at radius 3 is 2.52 bits per heavy atom. The Balaban J connectivity index is 1.86. The molecule has 0 saturated carbocycles. The van der Waals surface area contributed by atoms with Crippen LogP contribution in [0, 0.1) is 11.3 Å². The molecule has 0 aliphatic carbocycles. The van der Waals surface area contributed by atoms with Gasteiger partial charge in [0.1, 0.15) is 23.3 Å². The number of nitriles is 1. The van der Waals surface area contributed by atoms with E-state index in [1.165, 1.54) is 6.20 Å². The van der Waals surface area contributed by atoms with Crippen LogP contribution in [-0.2, 0) is 9.59 Å². The second-order valence-electron chi connectivity index (χ2n) is 5.19. The molecule has 1 aromatic heterocycles. The van der Waals surface area contributed by atoms with Crippen molar-refractivity contribution in [3.63, 3.8) is 0 Å². The number of ether oxygens (including phenoxy) is 1. The Morgan fingerprint density at radius 1 is 1.12 bits per heavy atom. The Bertz CT molecular complexity index is 782. The lowest BCUT2D eigenvalue weighted by molar-refractivity contribution is -0.120. The molecule has 0 fully saturated rings. The molecule has 0 saturated heterocycles. The average Bonchev–Trinajstić information content (AvgIpc) is 2.63. The quantitative estimate of drug-likeness (QED) is 0.807. The van der Waals surface area contributed by atoms with Gasteiger partial charge in [-0.2, -0.15) is 5.26 Å². The number of hydrogen-bond acceptors (Lipinski definition) is 5. The van der Waals surface area contributed by atoms with Crippen molar-refractivity contribution in [3.8, 4) is 17.6 Å². The minimum atomic E-state index is -0.148. The molecule has 0 aliphatic rings. The highest BCUT2D eigenvalue weighted by atomic mass is 16.5. The molecule has 7 heteroatoms. The van der Waals surface area contributed by atoms with Crippen LogP contribution in [0.1, 0.15) is 25.0 Å². The first-order chi connectivity index (χ1) is 12.1. The van der Waals surface area contributed by atoms with Gasteiger partial charge in [0.05, 0.1) is 0 Å². The molecule has 2 amide bonds. The van der Waals surface area contributed by atoms with Gasteiger partial charge in [-0.1, -0.05) is 0 Å². The largest absolute Gasteiger partial charge is 0.457 e. The van der Waals surface area contributed by atoms with Gasteiger partial charge in [-0.25, -0.2) is 4.98 Å². The second kappa shape index (κ2) is 9.03. The fourth-order valence-corrected chi connectivity index (χ4v) is 2.04. The Morgan fingerprint density at radius 2 is 1.84 bits per heavy atom. The highest BCUT2D eigenvalue weighted by molar-refractivity contribution is 5.91. The Hall–Kier alpha value is -3.40. The van der Waals surface area contributed by atoms with Crippen LogP contribution >= 0.6 is 0 Å². The summed E-state index contributed by atoms with van der Waals surface area (Å²) in [5.41, 5.74) is 0.919. The molecular weight excluding hydrogens is 320 g/mol. The normalized spacial score (nSPS) is 9.76. The minimum absolute atomic E-state index is 0.0787. The lowest BCUT2D eigenvalue weighted by atomic mass is 10.2. The molecule has 2 N–H and O–H groups in total. The summed E-state index contributed by atoms with van der Waals surface area (Å²) >= 11 is 0. The number of hydrogen-bond donors (Lipinski definition) is 2. The van der Waals surface area contributed by atoms with E-state index in [4.69, 9.17) is 10.00 Å². The van der Waals surface area contributed by atoms with E-state index >= 15 is 0 Å². The van der Waals surface area contributed by atoms with Crippen molar-refractivity contribution in [3.05, 3.63) is 48.3 Å². The smallest absolute Gasteiger partial charge is 0.224 e. The summed E-state index contributed by atoms with van der Waals surface area (Å²) in [6, 6.07) is 12.0. The maximum atomic E-state index is 11.8. The van der Waals surface area contributed by atoms with E-state index in [-0.39, 0.29) is 23.9 Å². The van der Waals surface area contributed by atoms with Crippen LogP contribution in [0.2, 0.25) is 0 Å². The standard InChI is InChI=1S/C18H18N4O3/c1-20-17(23)3-2-4-18(24)22-13-5-7-15(8-6-13)25-16-9-10-21-14(11-16)12-19/h5-11H,2-4H2,1H3,(H,20,23)(H,22,24). The van der Waals surface area contributed by atoms with Gasteiger partial charge < -0.3 is 15.4 Å². The fraction of sp³-hybridized carbons (Fsp3) is 0.222. The van der Waals surface area contributed by atoms with E-state index in [0.717, 1.165) is 0 Å². The zero-order valence-corrected chi connectivity index (χ0v) is 13.8. The third-order valence-electron chi connectivity index (χ3n) is 3.31. The number of nitrogens with zero attached hydrogens (tertiary/aromatic N) is 2. The van der Waals surface area contributed by atoms with Gasteiger partial charge in [0.25, 0.3) is 0 Å². The predicted octanol–water partition coefficient (Wildman–Crippen LogP) is 2.60. The number of nitrogens with one attached hydrogen (secondary N) is 2. The topological polar surface area (TPSA) is 104 Å². The van der Waals surface area contributed by atoms with Crippen molar-refractivity contribution < 1.29 is 14.3 Å². The average molecular weight is 338 g/mol. The van der Waals surface area contributed by atoms with Crippen LogP contribution in [0.5, 0.6) is 11.5 Å². The van der Waals surface area contributed by atoms with E-state index in [2.05, 4.69) is 15.6 Å². The number of amides is 2. The third kappa shape index (κ3) is 5.95. The molecule has 0 radical (unpaired) electrons. The number of aromatic nitrogens is 1. The van der Waals surface area contributed by atoms with E-state index in [1.807, 2.05) is 6.07 Å². The minimum Gasteiger partial charge on any atom is -0.457 e. The van der Waals surface area contributed by atoms with Crippen LogP contribution in [0.4, 0.5) is 5.69 Å². The SMILES string of the molecule is CNC(=O)CCCC(=O)Nc1ccc(Oc2ccnc(C#N)c2)cc1. The molecule has 0 unspecified atom stereocenters. The summed E-state index contributed by atoms with van der Waals surface area (Å²) in [4.78, 5) is 26.8. The maximum absolute atomic E-state index is 11.8. The van der Waals surface area contributed by atoms with E-state index in [0.29, 0.717) is 30.0 Å². The molecule has 1 aromatic carbocycles. The monoisotopic (exact) mass is 338 g/mol. The number of rotatable bonds is 7. The van der Waals surface area contributed by atoms with Gasteiger partial charge >= 0.3 is 0 Å². The van der Waals surface area contributed by atoms with Gasteiger partial charge in [0.15, 0.2) is 0 Å². The van der Waals surface area contributed by atoms with Gasteiger partial charge in [-0.3, -0.25) is 9.59 Å². The lowest BCUT2D eigenvalue weighted by Crippen LogP contribution is -2.18. The molecule has 2 rings (SSSR count). The lowest BCUT2D eigenvalue weighted by Gasteiger charge is -2.08. The van der Waals surface area contributed by atoms with Crippen molar-refractivity contribution in [2.75, 3.05) is 12.4 Å².